The lowest BCUT2D eigenvalue weighted by atomic mass is 9.94. The summed E-state index contributed by atoms with van der Waals surface area (Å²) in [4.78, 5) is 22.1. The maximum atomic E-state index is 11.3. The molecule has 0 heterocycles. The summed E-state index contributed by atoms with van der Waals surface area (Å²) in [6, 6.07) is 0. The van der Waals surface area contributed by atoms with E-state index in [2.05, 4.69) is 17.0 Å². The molecular formula is C12H23NO3. The fourth-order valence-corrected chi connectivity index (χ4v) is 1.61. The number of methoxy groups -OCH3 is 1. The van der Waals surface area contributed by atoms with Gasteiger partial charge in [0.25, 0.3) is 0 Å². The van der Waals surface area contributed by atoms with Crippen LogP contribution in [0.15, 0.2) is 0 Å². The van der Waals surface area contributed by atoms with Crippen molar-refractivity contribution < 1.29 is 14.3 Å². The first kappa shape index (κ1) is 14.9. The van der Waals surface area contributed by atoms with Gasteiger partial charge in [0.05, 0.1) is 7.11 Å². The summed E-state index contributed by atoms with van der Waals surface area (Å²) in [6.45, 7) is 4.26. The van der Waals surface area contributed by atoms with Gasteiger partial charge in [-0.25, -0.2) is 4.79 Å². The predicted molar refractivity (Wildman–Crippen MR) is 63.3 cm³/mol. The van der Waals surface area contributed by atoms with E-state index in [0.29, 0.717) is 13.0 Å². The fraction of sp³-hybridized carbons (Fsp3) is 0.833. The molecule has 4 heteroatoms. The Bertz CT molecular complexity index is 216. The van der Waals surface area contributed by atoms with Crippen molar-refractivity contribution in [1.29, 1.82) is 0 Å². The first-order valence-electron chi connectivity index (χ1n) is 5.94. The van der Waals surface area contributed by atoms with Crippen LogP contribution in [0.3, 0.4) is 0 Å². The van der Waals surface area contributed by atoms with Crippen molar-refractivity contribution in [3.05, 3.63) is 0 Å². The first-order valence-corrected chi connectivity index (χ1v) is 5.94. The van der Waals surface area contributed by atoms with Gasteiger partial charge in [-0.2, -0.15) is 0 Å². The average Bonchev–Trinajstić information content (AvgIpc) is 2.26. The predicted octanol–water partition coefficient (Wildman–Crippen LogP) is 2.52. The molecule has 0 aliphatic heterocycles. The van der Waals surface area contributed by atoms with E-state index in [1.54, 1.807) is 6.92 Å². The summed E-state index contributed by atoms with van der Waals surface area (Å²) in [6.07, 6.45) is 4.59. The third-order valence-corrected chi connectivity index (χ3v) is 2.68. The zero-order valence-electron chi connectivity index (χ0n) is 10.5. The van der Waals surface area contributed by atoms with E-state index >= 15 is 0 Å². The highest BCUT2D eigenvalue weighted by atomic mass is 16.5. The number of amides is 1. The molecular weight excluding hydrogens is 206 g/mol. The number of unbranched alkanes of at least 4 members (excludes halogenated alkanes) is 2. The lowest BCUT2D eigenvalue weighted by Gasteiger charge is -2.13. The molecule has 0 aliphatic carbocycles. The Balaban J connectivity index is 3.76. The van der Waals surface area contributed by atoms with Crippen LogP contribution in [0.4, 0.5) is 4.79 Å². The molecule has 94 valence electrons. The average molecular weight is 229 g/mol. The van der Waals surface area contributed by atoms with Gasteiger partial charge in [0.15, 0.2) is 0 Å². The van der Waals surface area contributed by atoms with E-state index in [1.807, 2.05) is 0 Å². The lowest BCUT2D eigenvalue weighted by Crippen LogP contribution is -2.27. The molecule has 1 N–H and O–H groups in total. The molecule has 4 nitrogen and oxygen atoms in total. The highest BCUT2D eigenvalue weighted by molar-refractivity contribution is 5.78. The maximum absolute atomic E-state index is 11.3. The molecule has 0 fully saturated rings. The van der Waals surface area contributed by atoms with Crippen molar-refractivity contribution >= 4 is 11.9 Å². The Morgan fingerprint density at radius 3 is 2.44 bits per heavy atom. The number of nitrogens with one attached hydrogen (secondary N) is 1. The number of hydrogen-bond acceptors (Lipinski definition) is 3. The van der Waals surface area contributed by atoms with Crippen LogP contribution in [0.2, 0.25) is 0 Å². The quantitative estimate of drug-likeness (QED) is 0.651. The molecule has 0 radical (unpaired) electrons. The SMILES string of the molecule is CCCCCC(CCNC(=O)OC)C(C)=O. The summed E-state index contributed by atoms with van der Waals surface area (Å²) in [7, 11) is 1.33. The van der Waals surface area contributed by atoms with Crippen molar-refractivity contribution in [2.24, 2.45) is 5.92 Å². The van der Waals surface area contributed by atoms with Crippen molar-refractivity contribution in [2.75, 3.05) is 13.7 Å². The van der Waals surface area contributed by atoms with Crippen LogP contribution < -0.4 is 5.32 Å². The molecule has 0 spiro atoms. The summed E-state index contributed by atoms with van der Waals surface area (Å²) in [5.74, 6) is 0.284. The number of carbonyl (C=O) groups is 2. The minimum Gasteiger partial charge on any atom is -0.453 e. The highest BCUT2D eigenvalue weighted by Crippen LogP contribution is 2.14. The summed E-state index contributed by atoms with van der Waals surface area (Å²) < 4.78 is 4.46. The second-order valence-corrected chi connectivity index (χ2v) is 4.01. The molecule has 1 unspecified atom stereocenters. The fourth-order valence-electron chi connectivity index (χ4n) is 1.61. The summed E-state index contributed by atoms with van der Waals surface area (Å²) in [5.41, 5.74) is 0. The van der Waals surface area contributed by atoms with E-state index in [9.17, 15) is 9.59 Å². The first-order chi connectivity index (χ1) is 7.61. The van der Waals surface area contributed by atoms with Gasteiger partial charge < -0.3 is 10.1 Å². The number of rotatable bonds is 8. The van der Waals surface area contributed by atoms with Gasteiger partial charge in [-0.15, -0.1) is 0 Å². The molecule has 1 atom stereocenters. The number of ether oxygens (including phenoxy) is 1. The smallest absolute Gasteiger partial charge is 0.406 e. The Morgan fingerprint density at radius 1 is 1.25 bits per heavy atom. The van der Waals surface area contributed by atoms with E-state index in [0.717, 1.165) is 25.7 Å². The maximum Gasteiger partial charge on any atom is 0.406 e. The van der Waals surface area contributed by atoms with Crippen LogP contribution in [0, 0.1) is 5.92 Å². The van der Waals surface area contributed by atoms with Gasteiger partial charge >= 0.3 is 6.09 Å². The molecule has 0 aromatic rings. The van der Waals surface area contributed by atoms with Gasteiger partial charge in [0.2, 0.25) is 0 Å². The molecule has 0 aliphatic rings. The molecule has 0 bridgehead atoms. The van der Waals surface area contributed by atoms with Crippen LogP contribution in [-0.2, 0) is 9.53 Å². The summed E-state index contributed by atoms with van der Waals surface area (Å²) in [5, 5.41) is 2.59. The Labute approximate surface area is 97.7 Å². The van der Waals surface area contributed by atoms with Crippen LogP contribution in [0.1, 0.15) is 46.0 Å². The van der Waals surface area contributed by atoms with Crippen LogP contribution in [0.5, 0.6) is 0 Å². The van der Waals surface area contributed by atoms with Crippen LogP contribution in [-0.4, -0.2) is 25.5 Å². The largest absolute Gasteiger partial charge is 0.453 e. The van der Waals surface area contributed by atoms with E-state index in [-0.39, 0.29) is 11.7 Å². The Hall–Kier alpha value is -1.06. The van der Waals surface area contributed by atoms with Crippen molar-refractivity contribution in [1.82, 2.24) is 5.32 Å². The number of alkyl carbamates (subject to hydrolysis) is 1. The molecule has 1 amide bonds. The molecule has 0 rings (SSSR count). The molecule has 0 saturated carbocycles. The van der Waals surface area contributed by atoms with Crippen molar-refractivity contribution in [3.8, 4) is 0 Å². The Kier molecular flexibility index (Phi) is 8.58. The van der Waals surface area contributed by atoms with Gasteiger partial charge in [0.1, 0.15) is 5.78 Å². The molecule has 0 saturated heterocycles. The van der Waals surface area contributed by atoms with E-state index < -0.39 is 6.09 Å². The lowest BCUT2D eigenvalue weighted by molar-refractivity contribution is -0.121. The normalized spacial score (nSPS) is 11.9. The van der Waals surface area contributed by atoms with Gasteiger partial charge in [0, 0.05) is 12.5 Å². The second kappa shape index (κ2) is 9.19. The van der Waals surface area contributed by atoms with E-state index in [4.69, 9.17) is 0 Å². The zero-order valence-corrected chi connectivity index (χ0v) is 10.5. The number of Topliss-reactive ketones (excluding diaryl/α,β-unsaturated/α-hetero) is 1. The highest BCUT2D eigenvalue weighted by Gasteiger charge is 2.13. The van der Waals surface area contributed by atoms with E-state index in [1.165, 1.54) is 7.11 Å². The number of ketones is 1. The monoisotopic (exact) mass is 229 g/mol. The van der Waals surface area contributed by atoms with Gasteiger partial charge in [-0.3, -0.25) is 4.79 Å². The third kappa shape index (κ3) is 7.26. The zero-order chi connectivity index (χ0) is 12.4. The number of carbonyl (C=O) groups excluding carboxylic acids is 2. The van der Waals surface area contributed by atoms with Crippen molar-refractivity contribution in [3.63, 3.8) is 0 Å². The molecule has 0 aromatic heterocycles. The topological polar surface area (TPSA) is 55.4 Å². The third-order valence-electron chi connectivity index (χ3n) is 2.68. The standard InChI is InChI=1S/C12H23NO3/c1-4-5-6-7-11(10(2)14)8-9-13-12(15)16-3/h11H,4-9H2,1-3H3,(H,13,15). The minimum absolute atomic E-state index is 0.0729. The second-order valence-electron chi connectivity index (χ2n) is 4.01. The van der Waals surface area contributed by atoms with Gasteiger partial charge in [-0.1, -0.05) is 26.2 Å². The molecule has 16 heavy (non-hydrogen) atoms. The summed E-state index contributed by atoms with van der Waals surface area (Å²) >= 11 is 0. The van der Waals surface area contributed by atoms with Gasteiger partial charge in [-0.05, 0) is 19.8 Å². The minimum atomic E-state index is -0.434. The van der Waals surface area contributed by atoms with Crippen LogP contribution >= 0.6 is 0 Å². The molecule has 0 aromatic carbocycles. The van der Waals surface area contributed by atoms with Crippen LogP contribution in [0.25, 0.3) is 0 Å². The Morgan fingerprint density at radius 2 is 1.94 bits per heavy atom. The number of hydrogen-bond donors (Lipinski definition) is 1. The van der Waals surface area contributed by atoms with Crippen molar-refractivity contribution in [2.45, 2.75) is 46.0 Å².